The van der Waals surface area contributed by atoms with Gasteiger partial charge in [0, 0.05) is 24.8 Å². The molecule has 1 aliphatic heterocycles. The summed E-state index contributed by atoms with van der Waals surface area (Å²) in [7, 11) is 0. The number of rotatable bonds is 4. The third-order valence-corrected chi connectivity index (χ3v) is 4.48. The summed E-state index contributed by atoms with van der Waals surface area (Å²) in [6, 6.07) is 7.49. The molecule has 0 saturated carbocycles. The molecule has 0 fully saturated rings. The second-order valence-electron chi connectivity index (χ2n) is 5.16. The fourth-order valence-electron chi connectivity index (χ4n) is 2.62. The number of hydrogen-bond acceptors (Lipinski definition) is 3. The molecule has 1 aliphatic rings. The van der Waals surface area contributed by atoms with E-state index < -0.39 is 11.9 Å². The maximum Gasteiger partial charge on any atom is 0.312 e. The Hall–Kier alpha value is -1.49. The van der Waals surface area contributed by atoms with Crippen LogP contribution < -0.4 is 0 Å². The Labute approximate surface area is 123 Å². The fraction of sp³-hybridized carbons (Fsp3) is 0.467. The van der Waals surface area contributed by atoms with Crippen LogP contribution in [0.5, 0.6) is 0 Å². The minimum atomic E-state index is -0.868. The number of fused-ring (bicyclic) bond motifs is 1. The van der Waals surface area contributed by atoms with Gasteiger partial charge >= 0.3 is 5.97 Å². The molecule has 0 spiro atoms. The van der Waals surface area contributed by atoms with E-state index >= 15 is 0 Å². The average molecular weight is 293 g/mol. The van der Waals surface area contributed by atoms with E-state index in [1.54, 1.807) is 16.7 Å². The van der Waals surface area contributed by atoms with Gasteiger partial charge < -0.3 is 10.0 Å². The van der Waals surface area contributed by atoms with Gasteiger partial charge in [-0.25, -0.2) is 0 Å². The summed E-state index contributed by atoms with van der Waals surface area (Å²) in [6.07, 6.45) is 1.97. The predicted octanol–water partition coefficient (Wildman–Crippen LogP) is 2.20. The molecular formula is C15H19NO3S. The molecule has 1 aromatic rings. The minimum Gasteiger partial charge on any atom is -0.481 e. The molecule has 20 heavy (non-hydrogen) atoms. The minimum absolute atomic E-state index is 0.0418. The number of carbonyl (C=O) groups excluding carboxylic acids is 1. The second-order valence-corrected chi connectivity index (χ2v) is 6.08. The lowest BCUT2D eigenvalue weighted by Crippen LogP contribution is -2.43. The van der Waals surface area contributed by atoms with E-state index in [9.17, 15) is 14.7 Å². The Morgan fingerprint density at radius 2 is 2.15 bits per heavy atom. The highest BCUT2D eigenvalue weighted by Gasteiger charge is 2.33. The van der Waals surface area contributed by atoms with Crippen molar-refractivity contribution in [3.05, 3.63) is 35.4 Å². The van der Waals surface area contributed by atoms with Crippen LogP contribution in [0.1, 0.15) is 24.0 Å². The molecule has 4 nitrogen and oxygen atoms in total. The van der Waals surface area contributed by atoms with Gasteiger partial charge in [-0.05, 0) is 17.4 Å². The first-order valence-electron chi connectivity index (χ1n) is 6.63. The Balaban J connectivity index is 2.24. The maximum absolute atomic E-state index is 12.4. The number of nitrogens with zero attached hydrogens (tertiary/aromatic N) is 1. The second kappa shape index (κ2) is 6.31. The van der Waals surface area contributed by atoms with E-state index in [0.717, 1.165) is 16.9 Å². The van der Waals surface area contributed by atoms with Crippen LogP contribution in [0, 0.1) is 5.92 Å². The quantitative estimate of drug-likeness (QED) is 0.924. The van der Waals surface area contributed by atoms with Crippen molar-refractivity contribution in [2.45, 2.75) is 19.4 Å². The van der Waals surface area contributed by atoms with Crippen molar-refractivity contribution in [3.63, 3.8) is 0 Å². The fourth-order valence-corrected chi connectivity index (χ4v) is 3.26. The van der Waals surface area contributed by atoms with Crippen molar-refractivity contribution in [2.24, 2.45) is 5.92 Å². The molecule has 2 rings (SSSR count). The SMILES string of the molecule is CSCC(C)C(=O)N1Cc2ccccc2C(C(=O)O)C1. The van der Waals surface area contributed by atoms with E-state index in [0.29, 0.717) is 6.54 Å². The zero-order valence-corrected chi connectivity index (χ0v) is 12.5. The van der Waals surface area contributed by atoms with Gasteiger partial charge in [-0.2, -0.15) is 11.8 Å². The molecule has 1 amide bonds. The summed E-state index contributed by atoms with van der Waals surface area (Å²) in [5.41, 5.74) is 1.78. The monoisotopic (exact) mass is 293 g/mol. The molecule has 108 valence electrons. The van der Waals surface area contributed by atoms with Crippen molar-refractivity contribution in [3.8, 4) is 0 Å². The number of benzene rings is 1. The van der Waals surface area contributed by atoms with Crippen LogP contribution >= 0.6 is 11.8 Å². The zero-order chi connectivity index (χ0) is 14.7. The number of carboxylic acid groups (broad SMARTS) is 1. The number of thioether (sulfide) groups is 1. The van der Waals surface area contributed by atoms with E-state index in [1.165, 1.54) is 0 Å². The Morgan fingerprint density at radius 1 is 1.45 bits per heavy atom. The highest BCUT2D eigenvalue weighted by Crippen LogP contribution is 2.29. The number of hydrogen-bond donors (Lipinski definition) is 1. The Morgan fingerprint density at radius 3 is 2.80 bits per heavy atom. The smallest absolute Gasteiger partial charge is 0.312 e. The highest BCUT2D eigenvalue weighted by atomic mass is 32.2. The van der Waals surface area contributed by atoms with Crippen molar-refractivity contribution in [1.29, 1.82) is 0 Å². The summed E-state index contributed by atoms with van der Waals surface area (Å²) >= 11 is 1.63. The van der Waals surface area contributed by atoms with Crippen molar-refractivity contribution >= 4 is 23.6 Å². The summed E-state index contributed by atoms with van der Waals surface area (Å²) in [5, 5.41) is 9.38. The van der Waals surface area contributed by atoms with Crippen LogP contribution in [-0.4, -0.2) is 40.4 Å². The van der Waals surface area contributed by atoms with Gasteiger partial charge in [0.2, 0.25) is 5.91 Å². The molecule has 0 saturated heterocycles. The van der Waals surface area contributed by atoms with E-state index in [2.05, 4.69) is 0 Å². The Kier molecular flexibility index (Phi) is 4.70. The summed E-state index contributed by atoms with van der Waals surface area (Å²) in [5.74, 6) is -0.767. The van der Waals surface area contributed by atoms with E-state index in [-0.39, 0.29) is 18.4 Å². The average Bonchev–Trinajstić information content (AvgIpc) is 2.45. The summed E-state index contributed by atoms with van der Waals surface area (Å²) in [6.45, 7) is 2.68. The molecule has 0 aromatic heterocycles. The van der Waals surface area contributed by atoms with Crippen molar-refractivity contribution in [2.75, 3.05) is 18.6 Å². The van der Waals surface area contributed by atoms with Gasteiger partial charge in [-0.15, -0.1) is 0 Å². The highest BCUT2D eigenvalue weighted by molar-refractivity contribution is 7.98. The lowest BCUT2D eigenvalue weighted by atomic mass is 9.89. The first kappa shape index (κ1) is 14.9. The Bertz CT molecular complexity index is 518. The molecule has 5 heteroatoms. The predicted molar refractivity (Wildman–Crippen MR) is 79.8 cm³/mol. The molecule has 1 heterocycles. The molecule has 0 bridgehead atoms. The first-order chi connectivity index (χ1) is 9.54. The number of aliphatic carboxylic acids is 1. The molecule has 1 aromatic carbocycles. The normalized spacial score (nSPS) is 19.3. The van der Waals surface area contributed by atoms with Crippen molar-refractivity contribution < 1.29 is 14.7 Å². The van der Waals surface area contributed by atoms with Gasteiger partial charge in [-0.1, -0.05) is 31.2 Å². The van der Waals surface area contributed by atoms with Gasteiger partial charge in [0.1, 0.15) is 0 Å². The molecule has 0 aliphatic carbocycles. The zero-order valence-electron chi connectivity index (χ0n) is 11.7. The number of carbonyl (C=O) groups is 2. The van der Waals surface area contributed by atoms with Crippen LogP contribution in [0.4, 0.5) is 0 Å². The molecule has 1 N–H and O–H groups in total. The maximum atomic E-state index is 12.4. The largest absolute Gasteiger partial charge is 0.481 e. The van der Waals surface area contributed by atoms with Gasteiger partial charge in [0.15, 0.2) is 0 Å². The third kappa shape index (κ3) is 2.98. The van der Waals surface area contributed by atoms with Crippen LogP contribution in [0.25, 0.3) is 0 Å². The van der Waals surface area contributed by atoms with Crippen LogP contribution in [0.15, 0.2) is 24.3 Å². The van der Waals surface area contributed by atoms with E-state index in [1.807, 2.05) is 37.4 Å². The van der Waals surface area contributed by atoms with E-state index in [4.69, 9.17) is 0 Å². The first-order valence-corrected chi connectivity index (χ1v) is 8.02. The lowest BCUT2D eigenvalue weighted by molar-refractivity contribution is -0.142. The standard InChI is InChI=1S/C15H19NO3S/c1-10(9-20-2)14(17)16-7-11-5-3-4-6-12(11)13(8-16)15(18)19/h3-6,10,13H,7-9H2,1-2H3,(H,18,19). The van der Waals surface area contributed by atoms with Crippen LogP contribution in [-0.2, 0) is 16.1 Å². The lowest BCUT2D eigenvalue weighted by Gasteiger charge is -2.34. The topological polar surface area (TPSA) is 57.6 Å². The third-order valence-electron chi connectivity index (χ3n) is 3.64. The van der Waals surface area contributed by atoms with Gasteiger partial charge in [-0.3, -0.25) is 9.59 Å². The van der Waals surface area contributed by atoms with Gasteiger partial charge in [0.25, 0.3) is 0 Å². The summed E-state index contributed by atoms with van der Waals surface area (Å²) < 4.78 is 0. The number of carboxylic acids is 1. The number of amides is 1. The molecule has 2 atom stereocenters. The molecule has 0 radical (unpaired) electrons. The van der Waals surface area contributed by atoms with Crippen molar-refractivity contribution in [1.82, 2.24) is 4.90 Å². The molecular weight excluding hydrogens is 274 g/mol. The van der Waals surface area contributed by atoms with Crippen LogP contribution in [0.2, 0.25) is 0 Å². The summed E-state index contributed by atoms with van der Waals surface area (Å²) in [4.78, 5) is 25.5. The molecule has 2 unspecified atom stereocenters. The van der Waals surface area contributed by atoms with Gasteiger partial charge in [0.05, 0.1) is 5.92 Å². The van der Waals surface area contributed by atoms with Crippen LogP contribution in [0.3, 0.4) is 0 Å².